The quantitative estimate of drug-likeness (QED) is 0.605. The molecule has 2 unspecified atom stereocenters. The summed E-state index contributed by atoms with van der Waals surface area (Å²) in [6, 6.07) is 15.5. The first-order chi connectivity index (χ1) is 17.0. The van der Waals surface area contributed by atoms with Crippen LogP contribution in [0.2, 0.25) is 0 Å². The number of carbonyl (C=O) groups is 3. The molecule has 7 nitrogen and oxygen atoms in total. The van der Waals surface area contributed by atoms with Gasteiger partial charge in [0, 0.05) is 30.5 Å². The molecule has 2 fully saturated rings. The monoisotopic (exact) mass is 494 g/mol. The number of alkyl carbamates (subject to hydrolysis) is 1. The fourth-order valence-corrected chi connectivity index (χ4v) is 6.46. The first-order valence-electron chi connectivity index (χ1n) is 12.2. The number of carboxylic acids is 1. The lowest BCUT2D eigenvalue weighted by Crippen LogP contribution is -2.55. The minimum atomic E-state index is -0.970. The van der Waals surface area contributed by atoms with Crippen LogP contribution >= 0.6 is 11.8 Å². The van der Waals surface area contributed by atoms with Crippen molar-refractivity contribution in [3.8, 4) is 11.1 Å². The van der Waals surface area contributed by atoms with E-state index in [-0.39, 0.29) is 30.9 Å². The lowest BCUT2D eigenvalue weighted by molar-refractivity contribution is -0.152. The molecule has 1 saturated heterocycles. The molecule has 2 aromatic rings. The number of carboxylic acid groups (broad SMARTS) is 1. The van der Waals surface area contributed by atoms with E-state index in [0.29, 0.717) is 12.3 Å². The number of hydrogen-bond donors (Lipinski definition) is 2. The van der Waals surface area contributed by atoms with Crippen LogP contribution in [0.4, 0.5) is 4.79 Å². The summed E-state index contributed by atoms with van der Waals surface area (Å²) >= 11 is 1.56. The van der Waals surface area contributed by atoms with Crippen molar-refractivity contribution in [1.29, 1.82) is 0 Å². The van der Waals surface area contributed by atoms with Crippen molar-refractivity contribution in [3.05, 3.63) is 59.7 Å². The van der Waals surface area contributed by atoms with Gasteiger partial charge in [-0.2, -0.15) is 11.8 Å². The molecule has 184 valence electrons. The summed E-state index contributed by atoms with van der Waals surface area (Å²) < 4.78 is 5.63. The number of ether oxygens (including phenoxy) is 1. The minimum absolute atomic E-state index is 0.0283. The van der Waals surface area contributed by atoms with Crippen LogP contribution in [0, 0.1) is 11.8 Å². The fourth-order valence-electron chi connectivity index (χ4n) is 5.43. The third-order valence-electron chi connectivity index (χ3n) is 7.54. The number of thioether (sulfide) groups is 1. The first-order valence-corrected chi connectivity index (χ1v) is 13.4. The summed E-state index contributed by atoms with van der Waals surface area (Å²) in [6.07, 6.45) is 2.34. The second-order valence-electron chi connectivity index (χ2n) is 9.46. The standard InChI is InChI=1S/C27H30N2O5S/c30-25(29-12-13-35-16-24(29)26(31)32)22(17-6-5-7-17)14-28-27(33)34-15-23-20-10-3-1-8-18(20)19-9-2-4-11-21(19)23/h1-4,8-11,17,22-24H,5-7,12-16H2,(H,28,33)(H,31,32). The predicted molar refractivity (Wildman–Crippen MR) is 134 cm³/mol. The molecule has 35 heavy (non-hydrogen) atoms. The molecule has 0 radical (unpaired) electrons. The van der Waals surface area contributed by atoms with E-state index in [1.54, 1.807) is 11.8 Å². The summed E-state index contributed by atoms with van der Waals surface area (Å²) in [5.74, 6) is -0.289. The number of nitrogens with one attached hydrogen (secondary N) is 1. The molecule has 5 rings (SSSR count). The Hall–Kier alpha value is -3.00. The van der Waals surface area contributed by atoms with Crippen LogP contribution in [-0.4, -0.2) is 65.2 Å². The van der Waals surface area contributed by atoms with Gasteiger partial charge in [0.05, 0.1) is 5.92 Å². The maximum Gasteiger partial charge on any atom is 0.407 e. The third kappa shape index (κ3) is 4.76. The van der Waals surface area contributed by atoms with Gasteiger partial charge in [-0.05, 0) is 41.0 Å². The maximum atomic E-state index is 13.4. The van der Waals surface area contributed by atoms with E-state index in [1.165, 1.54) is 16.0 Å². The normalized spacial score (nSPS) is 20.3. The Balaban J connectivity index is 1.22. The highest BCUT2D eigenvalue weighted by atomic mass is 32.2. The van der Waals surface area contributed by atoms with Gasteiger partial charge in [0.2, 0.25) is 5.91 Å². The molecule has 8 heteroatoms. The maximum absolute atomic E-state index is 13.4. The van der Waals surface area contributed by atoms with Crippen LogP contribution in [0.5, 0.6) is 0 Å². The molecule has 1 saturated carbocycles. The van der Waals surface area contributed by atoms with Gasteiger partial charge >= 0.3 is 12.1 Å². The fraction of sp³-hybridized carbons (Fsp3) is 0.444. The van der Waals surface area contributed by atoms with Crippen molar-refractivity contribution in [2.75, 3.05) is 31.2 Å². The van der Waals surface area contributed by atoms with Gasteiger partial charge in [0.1, 0.15) is 12.6 Å². The van der Waals surface area contributed by atoms with Crippen LogP contribution in [0.15, 0.2) is 48.5 Å². The molecule has 1 aliphatic heterocycles. The van der Waals surface area contributed by atoms with Gasteiger partial charge in [0.25, 0.3) is 0 Å². The first kappa shape index (κ1) is 23.7. The highest BCUT2D eigenvalue weighted by Gasteiger charge is 2.40. The topological polar surface area (TPSA) is 95.9 Å². The number of benzene rings is 2. The summed E-state index contributed by atoms with van der Waals surface area (Å²) in [5.41, 5.74) is 4.62. The van der Waals surface area contributed by atoms with E-state index in [2.05, 4.69) is 29.6 Å². The molecule has 0 aromatic heterocycles. The molecule has 0 spiro atoms. The Bertz CT molecular complexity index is 1070. The van der Waals surface area contributed by atoms with Gasteiger partial charge in [-0.15, -0.1) is 0 Å². The van der Waals surface area contributed by atoms with Crippen molar-refractivity contribution in [3.63, 3.8) is 0 Å². The van der Waals surface area contributed by atoms with Crippen LogP contribution in [0.25, 0.3) is 11.1 Å². The molecule has 3 aliphatic rings. The Kier molecular flexibility index (Phi) is 7.00. The van der Waals surface area contributed by atoms with Gasteiger partial charge in [0.15, 0.2) is 0 Å². The largest absolute Gasteiger partial charge is 0.480 e. The molecule has 0 bridgehead atoms. The number of amides is 2. The van der Waals surface area contributed by atoms with E-state index in [0.717, 1.165) is 36.1 Å². The Morgan fingerprint density at radius 2 is 1.71 bits per heavy atom. The average Bonchev–Trinajstić information content (AvgIpc) is 3.17. The van der Waals surface area contributed by atoms with Crippen LogP contribution in [0.3, 0.4) is 0 Å². The van der Waals surface area contributed by atoms with E-state index < -0.39 is 24.0 Å². The highest BCUT2D eigenvalue weighted by molar-refractivity contribution is 7.99. The number of carbonyl (C=O) groups excluding carboxylic acids is 2. The summed E-state index contributed by atoms with van der Waals surface area (Å²) in [6.45, 7) is 0.803. The molecule has 2 N–H and O–H groups in total. The van der Waals surface area contributed by atoms with Gasteiger partial charge in [-0.25, -0.2) is 9.59 Å². The molecular formula is C27H30N2O5S. The summed E-state index contributed by atoms with van der Waals surface area (Å²) in [4.78, 5) is 39.2. The lowest BCUT2D eigenvalue weighted by Gasteiger charge is -2.39. The smallest absolute Gasteiger partial charge is 0.407 e. The van der Waals surface area contributed by atoms with E-state index in [9.17, 15) is 19.5 Å². The number of rotatable bonds is 7. The van der Waals surface area contributed by atoms with E-state index >= 15 is 0 Å². The third-order valence-corrected chi connectivity index (χ3v) is 8.57. The van der Waals surface area contributed by atoms with Gasteiger partial charge in [-0.1, -0.05) is 55.0 Å². The summed E-state index contributed by atoms with van der Waals surface area (Å²) in [5, 5.41) is 12.4. The predicted octanol–water partition coefficient (Wildman–Crippen LogP) is 3.97. The molecule has 2 aliphatic carbocycles. The van der Waals surface area contributed by atoms with Crippen molar-refractivity contribution < 1.29 is 24.2 Å². The molecule has 2 atom stereocenters. The second-order valence-corrected chi connectivity index (χ2v) is 10.6. The lowest BCUT2D eigenvalue weighted by atomic mass is 9.75. The Morgan fingerprint density at radius 3 is 2.31 bits per heavy atom. The van der Waals surface area contributed by atoms with E-state index in [4.69, 9.17) is 4.74 Å². The van der Waals surface area contributed by atoms with Gasteiger partial charge < -0.3 is 20.1 Å². The summed E-state index contributed by atoms with van der Waals surface area (Å²) in [7, 11) is 0. The zero-order valence-corrected chi connectivity index (χ0v) is 20.3. The van der Waals surface area contributed by atoms with Crippen molar-refractivity contribution in [1.82, 2.24) is 10.2 Å². The molecular weight excluding hydrogens is 464 g/mol. The van der Waals surface area contributed by atoms with Crippen LogP contribution in [0.1, 0.15) is 36.3 Å². The van der Waals surface area contributed by atoms with E-state index in [1.807, 2.05) is 24.3 Å². The highest BCUT2D eigenvalue weighted by Crippen LogP contribution is 2.44. The number of hydrogen-bond acceptors (Lipinski definition) is 5. The zero-order valence-electron chi connectivity index (χ0n) is 19.5. The van der Waals surface area contributed by atoms with Crippen LogP contribution < -0.4 is 5.32 Å². The Labute approximate surface area is 209 Å². The van der Waals surface area contributed by atoms with Crippen LogP contribution in [-0.2, 0) is 14.3 Å². The molecule has 1 heterocycles. The van der Waals surface area contributed by atoms with Gasteiger partial charge in [-0.3, -0.25) is 4.79 Å². The molecule has 2 aromatic carbocycles. The SMILES string of the molecule is O=C(NCC(C(=O)N1CCSCC1C(=O)O)C1CCC1)OCC1c2ccccc2-c2ccccc21. The minimum Gasteiger partial charge on any atom is -0.480 e. The van der Waals surface area contributed by atoms with Crippen molar-refractivity contribution in [2.24, 2.45) is 11.8 Å². The second kappa shape index (κ2) is 10.3. The average molecular weight is 495 g/mol. The molecule has 2 amide bonds. The zero-order chi connectivity index (χ0) is 24.4. The van der Waals surface area contributed by atoms with Crippen molar-refractivity contribution >= 4 is 29.7 Å². The number of aliphatic carboxylic acids is 1. The number of fused-ring (bicyclic) bond motifs is 3. The van der Waals surface area contributed by atoms with Crippen molar-refractivity contribution in [2.45, 2.75) is 31.2 Å². The number of nitrogens with zero attached hydrogens (tertiary/aromatic N) is 1. The Morgan fingerprint density at radius 1 is 1.06 bits per heavy atom.